The molecule has 4 aromatic rings. The van der Waals surface area contributed by atoms with Crippen molar-refractivity contribution in [3.63, 3.8) is 0 Å². The molecule has 3 aromatic carbocycles. The predicted molar refractivity (Wildman–Crippen MR) is 128 cm³/mol. The monoisotopic (exact) mass is 510 g/mol. The van der Waals surface area contributed by atoms with Crippen molar-refractivity contribution in [1.29, 1.82) is 0 Å². The Hall–Kier alpha value is -3.63. The van der Waals surface area contributed by atoms with E-state index >= 15 is 0 Å². The first kappa shape index (κ1) is 21.6. The number of hydrazone groups is 1. The molecule has 32 heavy (non-hydrogen) atoms. The zero-order valence-electron chi connectivity index (χ0n) is 16.6. The molecule has 0 aliphatic carbocycles. The van der Waals surface area contributed by atoms with Crippen LogP contribution in [0.4, 0.5) is 10.8 Å². The van der Waals surface area contributed by atoms with Gasteiger partial charge in [0.1, 0.15) is 5.75 Å². The van der Waals surface area contributed by atoms with Crippen molar-refractivity contribution in [2.75, 3.05) is 12.1 Å². The van der Waals surface area contributed by atoms with Crippen LogP contribution < -0.4 is 9.75 Å². The number of anilines is 1. The Morgan fingerprint density at radius 3 is 2.69 bits per heavy atom. The van der Waals surface area contributed by atoms with Crippen molar-refractivity contribution in [3.05, 3.63) is 92.4 Å². The molecule has 0 aliphatic heterocycles. The number of hydrogen-bond acceptors (Lipinski definition) is 7. The second kappa shape index (κ2) is 9.25. The summed E-state index contributed by atoms with van der Waals surface area (Å²) >= 11 is 4.77. The molecule has 8 nitrogen and oxygen atoms in total. The summed E-state index contributed by atoms with van der Waals surface area (Å²) in [6.07, 6.45) is 1.46. The van der Waals surface area contributed by atoms with Crippen LogP contribution in [-0.2, 0) is 0 Å². The number of rotatable bonds is 6. The van der Waals surface area contributed by atoms with E-state index in [1.165, 1.54) is 41.8 Å². The maximum Gasteiger partial charge on any atom is 0.280 e. The lowest BCUT2D eigenvalue weighted by Gasteiger charge is -2.14. The third kappa shape index (κ3) is 4.66. The molecule has 0 unspecified atom stereocenters. The standard InChI is InChI=1S/C22H15BrN4O4S/c1-31-18-4-2-3-15(11-18)21(28)26(22-25-19-10-7-16(23)12-20(19)32-22)24-13-14-5-8-17(9-6-14)27(29)30/h2-13H,1H3/b24-13+. The number of benzene rings is 3. The highest BCUT2D eigenvalue weighted by Gasteiger charge is 2.21. The third-order valence-corrected chi connectivity index (χ3v) is 5.94. The Kier molecular flexibility index (Phi) is 6.24. The van der Waals surface area contributed by atoms with Gasteiger partial charge in [-0.3, -0.25) is 14.9 Å². The molecular weight excluding hydrogens is 496 g/mol. The first-order valence-electron chi connectivity index (χ1n) is 9.27. The summed E-state index contributed by atoms with van der Waals surface area (Å²) in [5.41, 5.74) is 1.69. The van der Waals surface area contributed by atoms with Gasteiger partial charge in [-0.2, -0.15) is 10.1 Å². The van der Waals surface area contributed by atoms with Crippen LogP contribution in [-0.4, -0.2) is 29.1 Å². The minimum absolute atomic E-state index is 0.0248. The van der Waals surface area contributed by atoms with Crippen LogP contribution in [0.5, 0.6) is 5.75 Å². The number of non-ortho nitro benzene ring substituents is 1. The molecule has 0 saturated carbocycles. The number of hydrogen-bond donors (Lipinski definition) is 0. The second-order valence-electron chi connectivity index (χ2n) is 6.55. The van der Waals surface area contributed by atoms with Gasteiger partial charge in [0.05, 0.1) is 28.5 Å². The smallest absolute Gasteiger partial charge is 0.280 e. The number of thiazole rings is 1. The average molecular weight is 511 g/mol. The van der Waals surface area contributed by atoms with Gasteiger partial charge in [-0.05, 0) is 54.1 Å². The Bertz CT molecular complexity index is 1340. The molecule has 0 bridgehead atoms. The minimum Gasteiger partial charge on any atom is -0.497 e. The Morgan fingerprint density at radius 1 is 1.19 bits per heavy atom. The highest BCUT2D eigenvalue weighted by Crippen LogP contribution is 2.32. The minimum atomic E-state index is -0.473. The number of halogens is 1. The highest BCUT2D eigenvalue weighted by molar-refractivity contribution is 9.10. The first-order chi connectivity index (χ1) is 15.4. The largest absolute Gasteiger partial charge is 0.497 e. The van der Waals surface area contributed by atoms with E-state index in [-0.39, 0.29) is 11.6 Å². The van der Waals surface area contributed by atoms with Crippen LogP contribution in [0.15, 0.2) is 76.3 Å². The molecule has 0 radical (unpaired) electrons. The van der Waals surface area contributed by atoms with E-state index in [1.54, 1.807) is 36.4 Å². The van der Waals surface area contributed by atoms with E-state index in [2.05, 4.69) is 26.0 Å². The molecule has 0 aliphatic rings. The van der Waals surface area contributed by atoms with Gasteiger partial charge in [-0.15, -0.1) is 0 Å². The molecule has 160 valence electrons. The lowest BCUT2D eigenvalue weighted by atomic mass is 10.2. The molecule has 0 fully saturated rings. The quantitative estimate of drug-likeness (QED) is 0.189. The van der Waals surface area contributed by atoms with Crippen LogP contribution in [0.2, 0.25) is 0 Å². The van der Waals surface area contributed by atoms with Crippen LogP contribution in [0.3, 0.4) is 0 Å². The molecule has 10 heteroatoms. The molecule has 1 aromatic heterocycles. The summed E-state index contributed by atoms with van der Waals surface area (Å²) in [5.74, 6) is 0.156. The SMILES string of the molecule is COc1cccc(C(=O)N(/N=C/c2ccc([N+](=O)[O-])cc2)c2nc3ccc(Br)cc3s2)c1. The van der Waals surface area contributed by atoms with Gasteiger partial charge in [-0.25, -0.2) is 4.98 Å². The number of aromatic nitrogens is 1. The van der Waals surface area contributed by atoms with Crippen molar-refractivity contribution in [1.82, 2.24) is 4.98 Å². The van der Waals surface area contributed by atoms with Gasteiger partial charge >= 0.3 is 0 Å². The molecule has 0 spiro atoms. The lowest BCUT2D eigenvalue weighted by Crippen LogP contribution is -2.25. The fraction of sp³-hybridized carbons (Fsp3) is 0.0455. The molecule has 4 rings (SSSR count). The van der Waals surface area contributed by atoms with Gasteiger partial charge in [0.2, 0.25) is 5.13 Å². The number of amides is 1. The maximum atomic E-state index is 13.3. The van der Waals surface area contributed by atoms with Gasteiger partial charge in [0, 0.05) is 22.2 Å². The van der Waals surface area contributed by atoms with E-state index in [4.69, 9.17) is 4.74 Å². The predicted octanol–water partition coefficient (Wildman–Crippen LogP) is 5.66. The number of nitro groups is 1. The molecular formula is C22H15BrN4O4S. The number of carbonyl (C=O) groups is 1. The van der Waals surface area contributed by atoms with Crippen molar-refractivity contribution in [2.24, 2.45) is 5.10 Å². The van der Waals surface area contributed by atoms with Crippen LogP contribution >= 0.6 is 27.3 Å². The number of fused-ring (bicyclic) bond motifs is 1. The fourth-order valence-corrected chi connectivity index (χ4v) is 4.32. The van der Waals surface area contributed by atoms with Gasteiger partial charge in [0.25, 0.3) is 11.6 Å². The Balaban J connectivity index is 1.74. The topological polar surface area (TPSA) is 97.9 Å². The maximum absolute atomic E-state index is 13.3. The molecule has 1 amide bonds. The van der Waals surface area contributed by atoms with Gasteiger partial charge in [-0.1, -0.05) is 33.3 Å². The van der Waals surface area contributed by atoms with Gasteiger partial charge < -0.3 is 4.74 Å². The summed E-state index contributed by atoms with van der Waals surface area (Å²) in [7, 11) is 1.53. The van der Waals surface area contributed by atoms with Crippen LogP contribution in [0.1, 0.15) is 15.9 Å². The summed E-state index contributed by atoms with van der Waals surface area (Å²) in [5, 5.41) is 16.9. The van der Waals surface area contributed by atoms with Crippen LogP contribution in [0, 0.1) is 10.1 Å². The fourth-order valence-electron chi connectivity index (χ4n) is 2.85. The second-order valence-corrected chi connectivity index (χ2v) is 8.48. The van der Waals surface area contributed by atoms with E-state index in [0.717, 1.165) is 14.7 Å². The molecule has 0 saturated heterocycles. The van der Waals surface area contributed by atoms with Crippen molar-refractivity contribution in [3.8, 4) is 5.75 Å². The zero-order chi connectivity index (χ0) is 22.7. The zero-order valence-corrected chi connectivity index (χ0v) is 19.0. The van der Waals surface area contributed by atoms with Gasteiger partial charge in [0.15, 0.2) is 0 Å². The summed E-state index contributed by atoms with van der Waals surface area (Å²) < 4.78 is 7.02. The Morgan fingerprint density at radius 2 is 1.97 bits per heavy atom. The van der Waals surface area contributed by atoms with E-state index in [9.17, 15) is 14.9 Å². The molecule has 1 heterocycles. The van der Waals surface area contributed by atoms with Crippen molar-refractivity contribution >= 4 is 60.4 Å². The number of nitro benzene ring substituents is 1. The normalized spacial score (nSPS) is 11.1. The highest BCUT2D eigenvalue weighted by atomic mass is 79.9. The summed E-state index contributed by atoms with van der Waals surface area (Å²) in [6, 6.07) is 18.3. The van der Waals surface area contributed by atoms with Crippen LogP contribution in [0.25, 0.3) is 10.2 Å². The third-order valence-electron chi connectivity index (χ3n) is 4.46. The average Bonchev–Trinajstić information content (AvgIpc) is 3.22. The number of carbonyl (C=O) groups excluding carboxylic acids is 1. The van der Waals surface area contributed by atoms with E-state index in [0.29, 0.717) is 22.0 Å². The van der Waals surface area contributed by atoms with Crippen molar-refractivity contribution < 1.29 is 14.5 Å². The molecule has 0 atom stereocenters. The molecule has 0 N–H and O–H groups in total. The number of methoxy groups -OCH3 is 1. The summed E-state index contributed by atoms with van der Waals surface area (Å²) in [6.45, 7) is 0. The van der Waals surface area contributed by atoms with E-state index in [1.807, 2.05) is 18.2 Å². The van der Waals surface area contributed by atoms with Crippen molar-refractivity contribution in [2.45, 2.75) is 0 Å². The summed E-state index contributed by atoms with van der Waals surface area (Å²) in [4.78, 5) is 28.3. The lowest BCUT2D eigenvalue weighted by molar-refractivity contribution is -0.384. The first-order valence-corrected chi connectivity index (χ1v) is 10.9. The number of ether oxygens (including phenoxy) is 1. The van der Waals surface area contributed by atoms with E-state index < -0.39 is 4.92 Å². The Labute approximate surface area is 195 Å². The number of nitrogens with zero attached hydrogens (tertiary/aromatic N) is 4.